The molecule has 0 saturated carbocycles. The standard InChI is InChI=1S/C27H29N3O6S/c1-26(2)19(24(34)36-25-16-13-9-8-12-15(16)23(33)35-25)29-21(32)18(22(29)37-26)30-20(31)17(28-27(30,3)4)14-10-6-5-7-11-14/h5-6,8-9,11-13,17-19,22,25,28H,7,10H2,1-4H3. The predicted molar refractivity (Wildman–Crippen MR) is 135 cm³/mol. The Labute approximate surface area is 219 Å². The Morgan fingerprint density at radius 3 is 2.59 bits per heavy atom. The Bertz CT molecular complexity index is 1290. The Morgan fingerprint density at radius 2 is 1.86 bits per heavy atom. The zero-order valence-electron chi connectivity index (χ0n) is 21.1. The second-order valence-corrected chi connectivity index (χ2v) is 12.8. The minimum Gasteiger partial charge on any atom is -0.419 e. The number of thioether (sulfide) groups is 1. The number of amides is 2. The average molecular weight is 524 g/mol. The third-order valence-electron chi connectivity index (χ3n) is 7.78. The van der Waals surface area contributed by atoms with E-state index >= 15 is 0 Å². The maximum atomic E-state index is 13.6. The summed E-state index contributed by atoms with van der Waals surface area (Å²) in [4.78, 5) is 56.0. The van der Waals surface area contributed by atoms with Crippen LogP contribution < -0.4 is 5.32 Å². The number of carbonyl (C=O) groups is 4. The number of nitrogens with one attached hydrogen (secondary N) is 1. The summed E-state index contributed by atoms with van der Waals surface area (Å²) in [7, 11) is 0. The summed E-state index contributed by atoms with van der Waals surface area (Å²) in [6.07, 6.45) is 6.53. The van der Waals surface area contributed by atoms with Crippen LogP contribution in [0, 0.1) is 0 Å². The van der Waals surface area contributed by atoms with E-state index in [4.69, 9.17) is 9.47 Å². The number of allylic oxidation sites excluding steroid dienone is 3. The van der Waals surface area contributed by atoms with Crippen molar-refractivity contribution in [1.29, 1.82) is 0 Å². The quantitative estimate of drug-likeness (QED) is 0.365. The number of rotatable bonds is 4. The van der Waals surface area contributed by atoms with Gasteiger partial charge in [0.1, 0.15) is 23.5 Å². The van der Waals surface area contributed by atoms with E-state index < -0.39 is 46.8 Å². The minimum atomic E-state index is -1.15. The first-order valence-corrected chi connectivity index (χ1v) is 13.3. The van der Waals surface area contributed by atoms with E-state index in [1.54, 1.807) is 29.2 Å². The van der Waals surface area contributed by atoms with E-state index in [0.717, 1.165) is 12.0 Å². The van der Waals surface area contributed by atoms with Crippen LogP contribution in [0.25, 0.3) is 0 Å². The number of fused-ring (bicyclic) bond motifs is 2. The van der Waals surface area contributed by atoms with Crippen LogP contribution in [0.2, 0.25) is 0 Å². The number of cyclic esters (lactones) is 1. The summed E-state index contributed by atoms with van der Waals surface area (Å²) < 4.78 is 10.3. The molecule has 1 aromatic carbocycles. The number of β-lactam (4-membered cyclic amide) rings is 1. The molecule has 2 amide bonds. The smallest absolute Gasteiger partial charge is 0.342 e. The average Bonchev–Trinajstić information content (AvgIpc) is 3.40. The van der Waals surface area contributed by atoms with E-state index in [9.17, 15) is 19.2 Å². The van der Waals surface area contributed by atoms with Crippen molar-refractivity contribution in [3.8, 4) is 0 Å². The summed E-state index contributed by atoms with van der Waals surface area (Å²) >= 11 is 1.49. The van der Waals surface area contributed by atoms with Crippen molar-refractivity contribution in [2.75, 3.05) is 0 Å². The van der Waals surface area contributed by atoms with Gasteiger partial charge in [-0.25, -0.2) is 9.59 Å². The van der Waals surface area contributed by atoms with Crippen molar-refractivity contribution >= 4 is 35.5 Å². The van der Waals surface area contributed by atoms with Crippen molar-refractivity contribution < 1.29 is 28.7 Å². The van der Waals surface area contributed by atoms with Crippen LogP contribution in [0.3, 0.4) is 0 Å². The Morgan fingerprint density at radius 1 is 1.11 bits per heavy atom. The molecule has 10 heteroatoms. The lowest BCUT2D eigenvalue weighted by atomic mass is 9.93. The van der Waals surface area contributed by atoms with Gasteiger partial charge in [0.05, 0.1) is 11.2 Å². The van der Waals surface area contributed by atoms with Gasteiger partial charge >= 0.3 is 11.9 Å². The molecule has 5 aliphatic rings. The van der Waals surface area contributed by atoms with Gasteiger partial charge in [0.15, 0.2) is 0 Å². The second-order valence-electron chi connectivity index (χ2n) is 11.0. The zero-order valence-corrected chi connectivity index (χ0v) is 21.9. The Kier molecular flexibility index (Phi) is 5.37. The van der Waals surface area contributed by atoms with Crippen LogP contribution in [0.1, 0.15) is 62.7 Å². The topological polar surface area (TPSA) is 105 Å². The molecule has 194 valence electrons. The van der Waals surface area contributed by atoms with Crippen molar-refractivity contribution in [2.24, 2.45) is 0 Å². The second kappa shape index (κ2) is 8.19. The fraction of sp³-hybridized carbons (Fsp3) is 0.481. The van der Waals surface area contributed by atoms with Gasteiger partial charge in [-0.3, -0.25) is 14.9 Å². The lowest BCUT2D eigenvalue weighted by Gasteiger charge is -2.50. The number of ether oxygens (including phenoxy) is 2. The number of hydrogen-bond acceptors (Lipinski definition) is 8. The van der Waals surface area contributed by atoms with E-state index in [-0.39, 0.29) is 17.2 Å². The fourth-order valence-electron chi connectivity index (χ4n) is 6.07. The Balaban J connectivity index is 1.22. The first-order chi connectivity index (χ1) is 17.5. The number of nitrogens with zero attached hydrogens (tertiary/aromatic N) is 2. The van der Waals surface area contributed by atoms with Crippen molar-refractivity contribution in [3.05, 3.63) is 59.2 Å². The summed E-state index contributed by atoms with van der Waals surface area (Å²) in [6.45, 7) is 7.58. The van der Waals surface area contributed by atoms with Crippen molar-refractivity contribution in [3.63, 3.8) is 0 Å². The fourth-order valence-corrected chi connectivity index (χ4v) is 7.74. The molecule has 4 aliphatic heterocycles. The van der Waals surface area contributed by atoms with E-state index in [1.807, 2.05) is 27.7 Å². The van der Waals surface area contributed by atoms with Crippen LogP contribution in [0.4, 0.5) is 0 Å². The van der Waals surface area contributed by atoms with Gasteiger partial charge in [-0.2, -0.15) is 0 Å². The molecule has 1 N–H and O–H groups in total. The first-order valence-electron chi connectivity index (χ1n) is 12.5. The van der Waals surface area contributed by atoms with Crippen molar-refractivity contribution in [2.45, 2.75) is 80.7 Å². The monoisotopic (exact) mass is 523 g/mol. The third-order valence-corrected chi connectivity index (χ3v) is 9.33. The summed E-state index contributed by atoms with van der Waals surface area (Å²) in [5.41, 5.74) is 1.13. The van der Waals surface area contributed by atoms with E-state index in [1.165, 1.54) is 16.7 Å². The molecular weight excluding hydrogens is 494 g/mol. The molecular formula is C27H29N3O6S. The highest BCUT2D eigenvalue weighted by Gasteiger charge is 2.68. The van der Waals surface area contributed by atoms with Crippen LogP contribution in [-0.2, 0) is 23.9 Å². The highest BCUT2D eigenvalue weighted by molar-refractivity contribution is 8.01. The molecule has 0 radical (unpaired) electrons. The number of hydrogen-bond donors (Lipinski definition) is 1. The van der Waals surface area contributed by atoms with Gasteiger partial charge in [-0.1, -0.05) is 36.4 Å². The molecule has 0 bridgehead atoms. The minimum absolute atomic E-state index is 0.122. The molecule has 1 aromatic rings. The summed E-state index contributed by atoms with van der Waals surface area (Å²) in [6, 6.07) is 4.72. The van der Waals surface area contributed by atoms with Gasteiger partial charge in [0, 0.05) is 10.3 Å². The maximum Gasteiger partial charge on any atom is 0.342 e. The number of esters is 2. The van der Waals surface area contributed by atoms with Gasteiger partial charge in [0.25, 0.3) is 6.29 Å². The van der Waals surface area contributed by atoms with E-state index in [0.29, 0.717) is 17.5 Å². The third kappa shape index (κ3) is 3.56. The van der Waals surface area contributed by atoms with Crippen molar-refractivity contribution in [1.82, 2.24) is 15.1 Å². The van der Waals surface area contributed by atoms with Crippen LogP contribution >= 0.6 is 11.8 Å². The Hall–Kier alpha value is -3.11. The maximum absolute atomic E-state index is 13.6. The normalized spacial score (nSPS) is 33.0. The lowest BCUT2D eigenvalue weighted by Crippen LogP contribution is -2.73. The largest absolute Gasteiger partial charge is 0.419 e. The zero-order chi connectivity index (χ0) is 26.3. The summed E-state index contributed by atoms with van der Waals surface area (Å²) in [5, 5.41) is 3.03. The highest BCUT2D eigenvalue weighted by Crippen LogP contribution is 2.54. The molecule has 1 aliphatic carbocycles. The van der Waals surface area contributed by atoms with Gasteiger partial charge in [-0.05, 0) is 52.2 Å². The molecule has 5 atom stereocenters. The summed E-state index contributed by atoms with van der Waals surface area (Å²) in [5.74, 6) is -1.59. The molecule has 5 unspecified atom stereocenters. The molecule has 9 nitrogen and oxygen atoms in total. The SMILES string of the molecule is CC1(C)SC2C(N3C(=O)C(C4=CCC=CC4)NC3(C)C)C(=O)N2C1C(=O)OC1OC(=O)c2ccccc21. The lowest BCUT2D eigenvalue weighted by molar-refractivity contribution is -0.184. The number of benzene rings is 1. The van der Waals surface area contributed by atoms with Gasteiger partial charge < -0.3 is 19.3 Å². The molecule has 6 rings (SSSR count). The number of carbonyl (C=O) groups excluding carboxylic acids is 4. The first kappa shape index (κ1) is 24.2. The molecule has 0 spiro atoms. The molecule has 37 heavy (non-hydrogen) atoms. The molecule has 3 saturated heterocycles. The predicted octanol–water partition coefficient (Wildman–Crippen LogP) is 2.64. The van der Waals surface area contributed by atoms with Gasteiger partial charge in [0.2, 0.25) is 11.8 Å². The van der Waals surface area contributed by atoms with Gasteiger partial charge in [-0.15, -0.1) is 11.8 Å². The van der Waals surface area contributed by atoms with E-state index in [2.05, 4.69) is 23.5 Å². The van der Waals surface area contributed by atoms with Crippen LogP contribution in [0.5, 0.6) is 0 Å². The van der Waals surface area contributed by atoms with Crippen LogP contribution in [0.15, 0.2) is 48.1 Å². The molecule has 4 heterocycles. The van der Waals surface area contributed by atoms with Crippen LogP contribution in [-0.4, -0.2) is 67.5 Å². The highest BCUT2D eigenvalue weighted by atomic mass is 32.2. The molecule has 0 aromatic heterocycles. The molecule has 3 fully saturated rings.